The van der Waals surface area contributed by atoms with Crippen LogP contribution in [0, 0.1) is 12.8 Å². The third kappa shape index (κ3) is 3.97. The number of hydrogen-bond donors (Lipinski definition) is 0. The largest absolute Gasteiger partial charge is 0.459 e. The maximum absolute atomic E-state index is 12.8. The maximum atomic E-state index is 12.8. The molecule has 0 aromatic carbocycles. The van der Waals surface area contributed by atoms with Crippen molar-refractivity contribution in [2.24, 2.45) is 5.92 Å². The molecule has 5 heterocycles. The minimum Gasteiger partial charge on any atom is -0.459 e. The van der Waals surface area contributed by atoms with Gasteiger partial charge < -0.3 is 28.1 Å². The van der Waals surface area contributed by atoms with Gasteiger partial charge in [-0.2, -0.15) is 0 Å². The summed E-state index contributed by atoms with van der Waals surface area (Å²) in [5, 5.41) is 0. The Morgan fingerprint density at radius 2 is 1.82 bits per heavy atom. The molecule has 4 aliphatic heterocycles. The van der Waals surface area contributed by atoms with E-state index >= 15 is 0 Å². The zero-order valence-corrected chi connectivity index (χ0v) is 19.3. The molecule has 9 heteroatoms. The van der Waals surface area contributed by atoms with Gasteiger partial charge in [0, 0.05) is 26.2 Å². The summed E-state index contributed by atoms with van der Waals surface area (Å²) in [4.78, 5) is 36.9. The lowest BCUT2D eigenvalue weighted by Gasteiger charge is -2.31. The van der Waals surface area contributed by atoms with Crippen molar-refractivity contribution in [2.75, 3.05) is 6.61 Å². The molecule has 0 saturated carbocycles. The van der Waals surface area contributed by atoms with E-state index in [1.165, 1.54) is 13.8 Å². The molecule has 9 nitrogen and oxygen atoms in total. The first kappa shape index (κ1) is 22.2. The number of ether oxygens (including phenoxy) is 5. The van der Waals surface area contributed by atoms with Gasteiger partial charge in [0.1, 0.15) is 35.4 Å². The lowest BCUT2D eigenvalue weighted by Crippen LogP contribution is -2.36. The fourth-order valence-electron chi connectivity index (χ4n) is 5.12. The highest BCUT2D eigenvalue weighted by atomic mass is 16.6. The first-order valence-corrected chi connectivity index (χ1v) is 11.2. The number of fused-ring (bicyclic) bond motifs is 5. The van der Waals surface area contributed by atoms with E-state index in [1.807, 2.05) is 26.8 Å². The van der Waals surface area contributed by atoms with Crippen LogP contribution in [0.15, 0.2) is 22.1 Å². The number of aryl methyl sites for hydroxylation is 1. The second kappa shape index (κ2) is 7.43. The zero-order chi connectivity index (χ0) is 23.7. The molecule has 0 radical (unpaired) electrons. The van der Waals surface area contributed by atoms with Gasteiger partial charge >= 0.3 is 17.9 Å². The summed E-state index contributed by atoms with van der Waals surface area (Å²) in [5.74, 6) is -0.854. The van der Waals surface area contributed by atoms with Gasteiger partial charge in [0.05, 0.1) is 17.8 Å². The van der Waals surface area contributed by atoms with Crippen LogP contribution in [0.1, 0.15) is 69.8 Å². The quantitative estimate of drug-likeness (QED) is 0.381. The van der Waals surface area contributed by atoms with Crippen LogP contribution in [0.3, 0.4) is 0 Å². The molecule has 4 aliphatic rings. The Labute approximate surface area is 191 Å². The molecule has 0 aliphatic carbocycles. The monoisotopic (exact) mass is 460 g/mol. The van der Waals surface area contributed by atoms with Crippen molar-refractivity contribution < 1.29 is 42.5 Å². The summed E-state index contributed by atoms with van der Waals surface area (Å²) in [6, 6.07) is 1.89. The van der Waals surface area contributed by atoms with Crippen molar-refractivity contribution in [3.8, 4) is 0 Å². The number of furan rings is 1. The van der Waals surface area contributed by atoms with Gasteiger partial charge in [0.2, 0.25) is 0 Å². The fraction of sp³-hybridized carbons (Fsp3) is 0.625. The predicted octanol–water partition coefficient (Wildman–Crippen LogP) is 3.00. The molecule has 7 atom stereocenters. The first-order chi connectivity index (χ1) is 15.5. The van der Waals surface area contributed by atoms with Crippen LogP contribution in [0.25, 0.3) is 0 Å². The van der Waals surface area contributed by atoms with Gasteiger partial charge in [-0.25, -0.2) is 4.79 Å². The average Bonchev–Trinajstić information content (AvgIpc) is 3.50. The lowest BCUT2D eigenvalue weighted by molar-refractivity contribution is -0.157. The molecule has 0 spiro atoms. The Morgan fingerprint density at radius 3 is 2.45 bits per heavy atom. The van der Waals surface area contributed by atoms with Gasteiger partial charge in [-0.3, -0.25) is 9.59 Å². The molecule has 5 rings (SSSR count). The summed E-state index contributed by atoms with van der Waals surface area (Å²) in [5.41, 5.74) is -0.128. The number of epoxide rings is 2. The van der Waals surface area contributed by atoms with Crippen LogP contribution in [0.4, 0.5) is 0 Å². The van der Waals surface area contributed by atoms with Gasteiger partial charge in [0.15, 0.2) is 6.10 Å². The molecule has 178 valence electrons. The van der Waals surface area contributed by atoms with E-state index in [2.05, 4.69) is 0 Å². The van der Waals surface area contributed by atoms with Crippen molar-refractivity contribution in [1.29, 1.82) is 0 Å². The molecule has 1 aromatic rings. The standard InChI is InChI=1S/C24H28O9/c1-11-6-18-21-23(4,33-21)9-14-7-15(22(27)31-14)17(29-12(2)25)8-16(24(5)10-28-24)20(19(11)32-18)30-13(3)26/h6-7,14,16-17,20-21H,8-10H2,1-5H3/t14-,16-,17-,20+,21-,23-,24?/m0/s1. The minimum absolute atomic E-state index is 0.189. The highest BCUT2D eigenvalue weighted by Crippen LogP contribution is 2.55. The summed E-state index contributed by atoms with van der Waals surface area (Å²) >= 11 is 0. The molecular weight excluding hydrogens is 432 g/mol. The van der Waals surface area contributed by atoms with Crippen LogP contribution in [0.2, 0.25) is 0 Å². The molecule has 4 bridgehead atoms. The van der Waals surface area contributed by atoms with E-state index < -0.39 is 53.3 Å². The van der Waals surface area contributed by atoms with E-state index in [4.69, 9.17) is 28.1 Å². The van der Waals surface area contributed by atoms with Crippen molar-refractivity contribution in [3.05, 3.63) is 34.8 Å². The third-order valence-electron chi connectivity index (χ3n) is 7.01. The van der Waals surface area contributed by atoms with Crippen LogP contribution < -0.4 is 0 Å². The van der Waals surface area contributed by atoms with E-state index in [1.54, 1.807) is 6.08 Å². The molecule has 2 fully saturated rings. The Kier molecular flexibility index (Phi) is 4.99. The molecule has 33 heavy (non-hydrogen) atoms. The number of carbonyl (C=O) groups is 3. The summed E-state index contributed by atoms with van der Waals surface area (Å²) in [6.07, 6.45) is -0.169. The molecule has 1 aromatic heterocycles. The highest BCUT2D eigenvalue weighted by molar-refractivity contribution is 5.92. The lowest BCUT2D eigenvalue weighted by atomic mass is 9.81. The second-order valence-corrected chi connectivity index (χ2v) is 9.85. The van der Waals surface area contributed by atoms with Crippen molar-refractivity contribution in [3.63, 3.8) is 0 Å². The van der Waals surface area contributed by atoms with Crippen LogP contribution in [-0.4, -0.2) is 47.9 Å². The van der Waals surface area contributed by atoms with Crippen molar-refractivity contribution in [1.82, 2.24) is 0 Å². The summed E-state index contributed by atoms with van der Waals surface area (Å²) in [6.45, 7) is 8.79. The van der Waals surface area contributed by atoms with Crippen LogP contribution in [-0.2, 0) is 38.1 Å². The number of carbonyl (C=O) groups excluding carboxylic acids is 3. The first-order valence-electron chi connectivity index (χ1n) is 11.2. The minimum atomic E-state index is -0.886. The smallest absolute Gasteiger partial charge is 0.338 e. The Morgan fingerprint density at radius 1 is 1.12 bits per heavy atom. The second-order valence-electron chi connectivity index (χ2n) is 9.85. The SMILES string of the molecule is CC(=O)O[C@H]1C[C@H](C2(C)CO2)[C@@H](OC(C)=O)c2oc(cc2C)[C@@H]2O[C@@]2(C)C[C@@H]2C=C1C(=O)O2. The fourth-order valence-corrected chi connectivity index (χ4v) is 5.12. The molecule has 1 unspecified atom stereocenters. The summed E-state index contributed by atoms with van der Waals surface area (Å²) in [7, 11) is 0. The number of rotatable bonds is 3. The number of hydrogen-bond acceptors (Lipinski definition) is 9. The Bertz CT molecular complexity index is 1050. The Balaban J connectivity index is 1.63. The van der Waals surface area contributed by atoms with Gasteiger partial charge in [-0.1, -0.05) is 0 Å². The summed E-state index contributed by atoms with van der Waals surface area (Å²) < 4.78 is 34.9. The highest BCUT2D eigenvalue weighted by Gasteiger charge is 2.59. The topological polar surface area (TPSA) is 117 Å². The average molecular weight is 460 g/mol. The zero-order valence-electron chi connectivity index (χ0n) is 19.3. The normalized spacial score (nSPS) is 39.1. The van der Waals surface area contributed by atoms with E-state index in [0.29, 0.717) is 24.5 Å². The molecule has 2 saturated heterocycles. The maximum Gasteiger partial charge on any atom is 0.338 e. The molecular formula is C24H28O9. The number of esters is 3. The van der Waals surface area contributed by atoms with Crippen LogP contribution >= 0.6 is 0 Å². The van der Waals surface area contributed by atoms with Gasteiger partial charge in [-0.05, 0) is 44.9 Å². The van der Waals surface area contributed by atoms with E-state index in [-0.39, 0.29) is 18.1 Å². The van der Waals surface area contributed by atoms with Gasteiger partial charge in [0.25, 0.3) is 0 Å². The Hall–Kier alpha value is -2.65. The predicted molar refractivity (Wildman–Crippen MR) is 111 cm³/mol. The molecule has 0 N–H and O–H groups in total. The van der Waals surface area contributed by atoms with E-state index in [9.17, 15) is 14.4 Å². The molecule has 0 amide bonds. The van der Waals surface area contributed by atoms with Crippen LogP contribution in [0.5, 0.6) is 0 Å². The van der Waals surface area contributed by atoms with E-state index in [0.717, 1.165) is 5.56 Å². The van der Waals surface area contributed by atoms with Crippen molar-refractivity contribution in [2.45, 2.75) is 83.1 Å². The van der Waals surface area contributed by atoms with Crippen molar-refractivity contribution >= 4 is 17.9 Å². The van der Waals surface area contributed by atoms with Gasteiger partial charge in [-0.15, -0.1) is 0 Å². The third-order valence-corrected chi connectivity index (χ3v) is 7.01.